The number of unbranched alkanes of at least 4 members (excludes halogenated alkanes) is 2. The van der Waals surface area contributed by atoms with E-state index >= 15 is 0 Å². The number of rotatable bonds is 8. The average molecular weight is 439 g/mol. The summed E-state index contributed by atoms with van der Waals surface area (Å²) >= 11 is 1.31. The van der Waals surface area contributed by atoms with Crippen LogP contribution in [0.3, 0.4) is 0 Å². The zero-order valence-electron chi connectivity index (χ0n) is 17.4. The highest BCUT2D eigenvalue weighted by Gasteiger charge is 2.16. The van der Waals surface area contributed by atoms with E-state index < -0.39 is 0 Å². The van der Waals surface area contributed by atoms with Gasteiger partial charge < -0.3 is 10.1 Å². The van der Waals surface area contributed by atoms with Crippen molar-refractivity contribution in [2.24, 2.45) is 0 Å². The lowest BCUT2D eigenvalue weighted by atomic mass is 10.2. The second-order valence-corrected chi connectivity index (χ2v) is 8.23. The maximum atomic E-state index is 13.5. The van der Waals surface area contributed by atoms with Gasteiger partial charge in [0, 0.05) is 11.6 Å². The number of carbonyl (C=O) groups excluding carboxylic acids is 1. The zero-order chi connectivity index (χ0) is 21.8. The molecule has 2 heterocycles. The molecule has 160 valence electrons. The molecule has 4 aromatic rings. The van der Waals surface area contributed by atoms with Crippen molar-refractivity contribution < 1.29 is 13.9 Å². The van der Waals surface area contributed by atoms with Gasteiger partial charge in [0.05, 0.1) is 22.5 Å². The minimum absolute atomic E-state index is 0.258. The monoisotopic (exact) mass is 438 g/mol. The van der Waals surface area contributed by atoms with E-state index in [1.807, 2.05) is 6.92 Å². The lowest BCUT2D eigenvalue weighted by Gasteiger charge is -2.08. The topological polar surface area (TPSA) is 69.0 Å². The van der Waals surface area contributed by atoms with Gasteiger partial charge in [-0.15, -0.1) is 0 Å². The standard InChI is InChI=1S/C23H23FN4O2S/c1-3-4-5-12-30-18-9-6-16(7-10-18)22(29)26-21-13-15(2)27-28(21)23-25-19-11-8-17(24)14-20(19)31-23/h6-11,13-14H,3-5,12H2,1-2H3,(H,26,29). The predicted octanol–water partition coefficient (Wildman–Crippen LogP) is 5.75. The van der Waals surface area contributed by atoms with Crippen molar-refractivity contribution in [1.82, 2.24) is 14.8 Å². The van der Waals surface area contributed by atoms with Crippen molar-refractivity contribution >= 4 is 33.3 Å². The van der Waals surface area contributed by atoms with E-state index in [0.29, 0.717) is 28.6 Å². The first-order valence-electron chi connectivity index (χ1n) is 10.2. The number of hydrogen-bond acceptors (Lipinski definition) is 5. The lowest BCUT2D eigenvalue weighted by Crippen LogP contribution is -2.15. The van der Waals surface area contributed by atoms with E-state index in [1.54, 1.807) is 41.1 Å². The molecule has 2 aromatic heterocycles. The summed E-state index contributed by atoms with van der Waals surface area (Å²) in [7, 11) is 0. The predicted molar refractivity (Wildman–Crippen MR) is 121 cm³/mol. The summed E-state index contributed by atoms with van der Waals surface area (Å²) in [4.78, 5) is 17.3. The van der Waals surface area contributed by atoms with Gasteiger partial charge in [-0.05, 0) is 55.8 Å². The highest BCUT2D eigenvalue weighted by Crippen LogP contribution is 2.28. The van der Waals surface area contributed by atoms with Gasteiger partial charge in [-0.3, -0.25) is 4.79 Å². The van der Waals surface area contributed by atoms with Crippen LogP contribution in [0.15, 0.2) is 48.5 Å². The summed E-state index contributed by atoms with van der Waals surface area (Å²) < 4.78 is 21.5. The quantitative estimate of drug-likeness (QED) is 0.356. The van der Waals surface area contributed by atoms with Gasteiger partial charge in [0.1, 0.15) is 17.4 Å². The number of thiazole rings is 1. The molecule has 0 saturated carbocycles. The van der Waals surface area contributed by atoms with Gasteiger partial charge in [-0.25, -0.2) is 9.37 Å². The Kier molecular flexibility index (Phi) is 6.27. The third-order valence-corrected chi connectivity index (χ3v) is 5.72. The number of carbonyl (C=O) groups is 1. The molecule has 0 aliphatic carbocycles. The molecule has 0 unspecified atom stereocenters. The van der Waals surface area contributed by atoms with Crippen molar-refractivity contribution in [2.45, 2.75) is 33.1 Å². The van der Waals surface area contributed by atoms with Crippen LogP contribution in [-0.4, -0.2) is 27.3 Å². The van der Waals surface area contributed by atoms with Crippen molar-refractivity contribution in [3.63, 3.8) is 0 Å². The van der Waals surface area contributed by atoms with Crippen LogP contribution < -0.4 is 10.1 Å². The van der Waals surface area contributed by atoms with Crippen LogP contribution >= 0.6 is 11.3 Å². The first kappa shape index (κ1) is 21.0. The fourth-order valence-electron chi connectivity index (χ4n) is 3.14. The van der Waals surface area contributed by atoms with Crippen molar-refractivity contribution in [2.75, 3.05) is 11.9 Å². The second kappa shape index (κ2) is 9.26. The number of hydrogen-bond donors (Lipinski definition) is 1. The smallest absolute Gasteiger partial charge is 0.256 e. The first-order chi connectivity index (χ1) is 15.0. The molecule has 0 saturated heterocycles. The van der Waals surface area contributed by atoms with Gasteiger partial charge in [0.2, 0.25) is 5.13 Å². The molecule has 0 aliphatic rings. The second-order valence-electron chi connectivity index (χ2n) is 7.23. The highest BCUT2D eigenvalue weighted by molar-refractivity contribution is 7.20. The number of halogens is 1. The molecule has 0 spiro atoms. The molecule has 4 rings (SSSR count). The maximum Gasteiger partial charge on any atom is 0.256 e. The van der Waals surface area contributed by atoms with Crippen molar-refractivity contribution in [3.05, 3.63) is 65.6 Å². The number of anilines is 1. The van der Waals surface area contributed by atoms with Crippen LogP contribution in [-0.2, 0) is 0 Å². The lowest BCUT2D eigenvalue weighted by molar-refractivity contribution is 0.102. The number of amides is 1. The molecule has 0 fully saturated rings. The summed E-state index contributed by atoms with van der Waals surface area (Å²) in [6, 6.07) is 13.3. The summed E-state index contributed by atoms with van der Waals surface area (Å²) in [6.45, 7) is 4.66. The molecule has 0 atom stereocenters. The molecule has 2 aromatic carbocycles. The Bertz CT molecular complexity index is 1200. The zero-order valence-corrected chi connectivity index (χ0v) is 18.2. The molecule has 0 bridgehead atoms. The van der Waals surface area contributed by atoms with Crippen LogP contribution in [0.25, 0.3) is 15.3 Å². The minimum atomic E-state index is -0.314. The summed E-state index contributed by atoms with van der Waals surface area (Å²) in [6.07, 6.45) is 3.30. The minimum Gasteiger partial charge on any atom is -0.494 e. The fourth-order valence-corrected chi connectivity index (χ4v) is 4.10. The Morgan fingerprint density at radius 1 is 1.16 bits per heavy atom. The SMILES string of the molecule is CCCCCOc1ccc(C(=O)Nc2cc(C)nn2-c2nc3ccc(F)cc3s2)cc1. The van der Waals surface area contributed by atoms with Crippen LogP contribution in [0.2, 0.25) is 0 Å². The summed E-state index contributed by atoms with van der Waals surface area (Å²) in [5.74, 6) is 0.675. The van der Waals surface area contributed by atoms with E-state index in [0.717, 1.165) is 35.4 Å². The van der Waals surface area contributed by atoms with Gasteiger partial charge >= 0.3 is 0 Å². The maximum absolute atomic E-state index is 13.5. The summed E-state index contributed by atoms with van der Waals surface area (Å²) in [5.41, 5.74) is 1.93. The largest absolute Gasteiger partial charge is 0.494 e. The third kappa shape index (κ3) is 4.91. The van der Waals surface area contributed by atoms with E-state index in [2.05, 4.69) is 22.3 Å². The Labute approximate surface area is 183 Å². The average Bonchev–Trinajstić information content (AvgIpc) is 3.34. The molecule has 0 aliphatic heterocycles. The number of benzene rings is 2. The number of ether oxygens (including phenoxy) is 1. The molecule has 1 amide bonds. The van der Waals surface area contributed by atoms with Crippen LogP contribution in [0.4, 0.5) is 10.2 Å². The molecule has 1 N–H and O–H groups in total. The van der Waals surface area contributed by atoms with E-state index in [-0.39, 0.29) is 11.7 Å². The van der Waals surface area contributed by atoms with Gasteiger partial charge in [-0.1, -0.05) is 31.1 Å². The number of fused-ring (bicyclic) bond motifs is 1. The molecule has 31 heavy (non-hydrogen) atoms. The van der Waals surface area contributed by atoms with Gasteiger partial charge in [-0.2, -0.15) is 9.78 Å². The number of nitrogens with one attached hydrogen (secondary N) is 1. The molecular formula is C23H23FN4O2S. The number of nitrogens with zero attached hydrogens (tertiary/aromatic N) is 3. The molecule has 0 radical (unpaired) electrons. The Morgan fingerprint density at radius 3 is 2.74 bits per heavy atom. The Morgan fingerprint density at radius 2 is 1.97 bits per heavy atom. The highest BCUT2D eigenvalue weighted by atomic mass is 32.1. The van der Waals surface area contributed by atoms with Crippen LogP contribution in [0, 0.1) is 12.7 Å². The first-order valence-corrected chi connectivity index (χ1v) is 11.0. The fraction of sp³-hybridized carbons (Fsp3) is 0.261. The number of aromatic nitrogens is 3. The van der Waals surface area contributed by atoms with E-state index in [1.165, 1.54) is 23.5 Å². The van der Waals surface area contributed by atoms with Crippen LogP contribution in [0.1, 0.15) is 42.2 Å². The van der Waals surface area contributed by atoms with E-state index in [9.17, 15) is 9.18 Å². The molecular weight excluding hydrogens is 415 g/mol. The van der Waals surface area contributed by atoms with Gasteiger partial charge in [0.15, 0.2) is 0 Å². The van der Waals surface area contributed by atoms with Crippen molar-refractivity contribution in [1.29, 1.82) is 0 Å². The Hall–Kier alpha value is -3.26. The molecule has 6 nitrogen and oxygen atoms in total. The third-order valence-electron chi connectivity index (χ3n) is 4.73. The van der Waals surface area contributed by atoms with Gasteiger partial charge in [0.25, 0.3) is 5.91 Å². The number of aryl methyl sites for hydroxylation is 1. The summed E-state index contributed by atoms with van der Waals surface area (Å²) in [5, 5.41) is 7.89. The van der Waals surface area contributed by atoms with E-state index in [4.69, 9.17) is 4.74 Å². The van der Waals surface area contributed by atoms with Crippen molar-refractivity contribution in [3.8, 4) is 10.9 Å². The Balaban J connectivity index is 1.50. The molecule has 8 heteroatoms. The normalized spacial score (nSPS) is 11.1. The van der Waals surface area contributed by atoms with Crippen LogP contribution in [0.5, 0.6) is 5.75 Å².